The normalized spacial score (nSPS) is 21.0. The number of hydrogen-bond donors (Lipinski definition) is 2. The molecule has 6 heteroatoms. The molecular formula is C16H22FNO4. The lowest BCUT2D eigenvalue weighted by molar-refractivity contribution is 0.0359. The van der Waals surface area contributed by atoms with E-state index < -0.39 is 17.5 Å². The molecule has 0 saturated heterocycles. The summed E-state index contributed by atoms with van der Waals surface area (Å²) in [5.41, 5.74) is -0.100. The Morgan fingerprint density at radius 2 is 2.09 bits per heavy atom. The van der Waals surface area contributed by atoms with Crippen LogP contribution in [-0.2, 0) is 11.3 Å². The van der Waals surface area contributed by atoms with Crippen molar-refractivity contribution in [3.63, 3.8) is 0 Å². The molecule has 1 aliphatic rings. The van der Waals surface area contributed by atoms with Crippen LogP contribution in [0.1, 0.15) is 39.2 Å². The number of carbonyl (C=O) groups excluding carboxylic acids is 1. The highest BCUT2D eigenvalue weighted by Crippen LogP contribution is 2.29. The Hall–Kier alpha value is -1.82. The Balaban J connectivity index is 1.79. The third-order valence-electron chi connectivity index (χ3n) is 3.30. The van der Waals surface area contributed by atoms with E-state index in [2.05, 4.69) is 5.32 Å². The van der Waals surface area contributed by atoms with E-state index >= 15 is 0 Å². The lowest BCUT2D eigenvalue weighted by atomic mass is 9.89. The largest absolute Gasteiger partial charge is 0.490 e. The number of carbonyl (C=O) groups is 1. The number of ether oxygens (including phenoxy) is 2. The Kier molecular flexibility index (Phi) is 4.90. The number of nitrogens with one attached hydrogen (secondary N) is 1. The zero-order chi connectivity index (χ0) is 16.3. The SMILES string of the molecule is CC(C)(C)OC(=O)NC1CC(Oc2ccc(F)cc2CO)C1. The molecule has 1 amide bonds. The molecule has 0 heterocycles. The van der Waals surface area contributed by atoms with Crippen LogP contribution in [0, 0.1) is 5.82 Å². The van der Waals surface area contributed by atoms with E-state index in [9.17, 15) is 14.3 Å². The Labute approximate surface area is 129 Å². The van der Waals surface area contributed by atoms with Crippen LogP contribution in [0.3, 0.4) is 0 Å². The van der Waals surface area contributed by atoms with Crippen molar-refractivity contribution in [1.82, 2.24) is 5.32 Å². The molecule has 1 saturated carbocycles. The molecule has 5 nitrogen and oxygen atoms in total. The fourth-order valence-corrected chi connectivity index (χ4v) is 2.22. The van der Waals surface area contributed by atoms with Gasteiger partial charge in [-0.1, -0.05) is 0 Å². The van der Waals surface area contributed by atoms with Crippen LogP contribution >= 0.6 is 0 Å². The summed E-state index contributed by atoms with van der Waals surface area (Å²) >= 11 is 0. The molecule has 22 heavy (non-hydrogen) atoms. The molecule has 2 rings (SSSR count). The minimum absolute atomic E-state index is 0.0119. The van der Waals surface area contributed by atoms with Crippen LogP contribution in [0.4, 0.5) is 9.18 Å². The van der Waals surface area contributed by atoms with E-state index in [1.165, 1.54) is 18.2 Å². The molecule has 1 aromatic carbocycles. The Morgan fingerprint density at radius 1 is 1.41 bits per heavy atom. The monoisotopic (exact) mass is 311 g/mol. The van der Waals surface area contributed by atoms with Crippen molar-refractivity contribution in [2.45, 2.75) is 58.0 Å². The van der Waals surface area contributed by atoms with Crippen molar-refractivity contribution >= 4 is 6.09 Å². The van der Waals surface area contributed by atoms with E-state index in [1.54, 1.807) is 0 Å². The fraction of sp³-hybridized carbons (Fsp3) is 0.562. The second kappa shape index (κ2) is 6.52. The zero-order valence-electron chi connectivity index (χ0n) is 13.1. The first-order chi connectivity index (χ1) is 10.3. The molecule has 0 spiro atoms. The molecule has 0 aromatic heterocycles. The van der Waals surface area contributed by atoms with Gasteiger partial charge in [0.15, 0.2) is 0 Å². The van der Waals surface area contributed by atoms with Crippen LogP contribution in [0.2, 0.25) is 0 Å². The van der Waals surface area contributed by atoms with Gasteiger partial charge in [-0.15, -0.1) is 0 Å². The number of halogens is 1. The molecule has 2 N–H and O–H groups in total. The predicted octanol–water partition coefficient (Wildman–Crippen LogP) is 2.75. The maximum absolute atomic E-state index is 13.1. The van der Waals surface area contributed by atoms with Crippen molar-refractivity contribution in [2.24, 2.45) is 0 Å². The van der Waals surface area contributed by atoms with E-state index in [0.717, 1.165) is 0 Å². The molecule has 0 aliphatic heterocycles. The van der Waals surface area contributed by atoms with Gasteiger partial charge in [0.1, 0.15) is 23.3 Å². The third kappa shape index (κ3) is 4.59. The highest BCUT2D eigenvalue weighted by atomic mass is 19.1. The minimum Gasteiger partial charge on any atom is -0.490 e. The quantitative estimate of drug-likeness (QED) is 0.897. The molecule has 0 atom stereocenters. The second-order valence-corrected chi connectivity index (χ2v) is 6.46. The van der Waals surface area contributed by atoms with Crippen molar-refractivity contribution < 1.29 is 23.8 Å². The summed E-state index contributed by atoms with van der Waals surface area (Å²) in [5.74, 6) is 0.0686. The third-order valence-corrected chi connectivity index (χ3v) is 3.30. The highest BCUT2D eigenvalue weighted by molar-refractivity contribution is 5.68. The minimum atomic E-state index is -0.520. The summed E-state index contributed by atoms with van der Waals surface area (Å²) in [6, 6.07) is 4.07. The Bertz CT molecular complexity index is 535. The fourth-order valence-electron chi connectivity index (χ4n) is 2.22. The number of hydrogen-bond acceptors (Lipinski definition) is 4. The average Bonchev–Trinajstić information content (AvgIpc) is 2.35. The Morgan fingerprint density at radius 3 is 2.68 bits per heavy atom. The van der Waals surface area contributed by atoms with Crippen LogP contribution in [0.15, 0.2) is 18.2 Å². The average molecular weight is 311 g/mol. The lowest BCUT2D eigenvalue weighted by Gasteiger charge is -2.36. The molecule has 0 radical (unpaired) electrons. The van der Waals surface area contributed by atoms with Gasteiger partial charge in [0, 0.05) is 24.4 Å². The van der Waals surface area contributed by atoms with Crippen LogP contribution in [0.25, 0.3) is 0 Å². The highest BCUT2D eigenvalue weighted by Gasteiger charge is 2.33. The van der Waals surface area contributed by atoms with Gasteiger partial charge in [-0.25, -0.2) is 9.18 Å². The molecule has 0 unspecified atom stereocenters. The number of benzene rings is 1. The predicted molar refractivity (Wildman–Crippen MR) is 79.1 cm³/mol. The molecular weight excluding hydrogens is 289 g/mol. The maximum atomic E-state index is 13.1. The van der Waals surface area contributed by atoms with E-state index in [1.807, 2.05) is 20.8 Å². The standard InChI is InChI=1S/C16H22FNO4/c1-16(2,3)22-15(20)18-12-7-13(8-12)21-14-5-4-11(17)6-10(14)9-19/h4-6,12-13,19H,7-9H2,1-3H3,(H,18,20). The summed E-state index contributed by atoms with van der Waals surface area (Å²) in [7, 11) is 0. The van der Waals surface area contributed by atoms with Gasteiger partial charge in [-0.3, -0.25) is 0 Å². The number of aliphatic hydroxyl groups is 1. The van der Waals surface area contributed by atoms with E-state index in [-0.39, 0.29) is 18.8 Å². The molecule has 1 aliphatic carbocycles. The van der Waals surface area contributed by atoms with Gasteiger partial charge in [-0.05, 0) is 39.0 Å². The van der Waals surface area contributed by atoms with Gasteiger partial charge >= 0.3 is 6.09 Å². The van der Waals surface area contributed by atoms with Crippen LogP contribution < -0.4 is 10.1 Å². The molecule has 0 bridgehead atoms. The van der Waals surface area contributed by atoms with Crippen LogP contribution in [-0.4, -0.2) is 28.9 Å². The summed E-state index contributed by atoms with van der Waals surface area (Å²) in [4.78, 5) is 11.6. The number of alkyl carbamates (subject to hydrolysis) is 1. The van der Waals surface area contributed by atoms with Crippen LogP contribution in [0.5, 0.6) is 5.75 Å². The van der Waals surface area contributed by atoms with Gasteiger partial charge < -0.3 is 19.9 Å². The van der Waals surface area contributed by atoms with E-state index in [4.69, 9.17) is 9.47 Å². The number of amides is 1. The smallest absolute Gasteiger partial charge is 0.407 e. The summed E-state index contributed by atoms with van der Waals surface area (Å²) in [6.07, 6.45) is 0.813. The first-order valence-corrected chi connectivity index (χ1v) is 7.32. The lowest BCUT2D eigenvalue weighted by Crippen LogP contribution is -2.50. The van der Waals surface area contributed by atoms with Crippen molar-refractivity contribution in [3.8, 4) is 5.75 Å². The number of rotatable bonds is 4. The second-order valence-electron chi connectivity index (χ2n) is 6.46. The van der Waals surface area contributed by atoms with E-state index in [0.29, 0.717) is 24.2 Å². The van der Waals surface area contributed by atoms with Crippen molar-refractivity contribution in [1.29, 1.82) is 0 Å². The van der Waals surface area contributed by atoms with Crippen molar-refractivity contribution in [3.05, 3.63) is 29.6 Å². The zero-order valence-corrected chi connectivity index (χ0v) is 13.1. The summed E-state index contributed by atoms with van der Waals surface area (Å²) in [5, 5.41) is 12.0. The summed E-state index contributed by atoms with van der Waals surface area (Å²) < 4.78 is 24.0. The molecule has 122 valence electrons. The van der Waals surface area contributed by atoms with Gasteiger partial charge in [-0.2, -0.15) is 0 Å². The maximum Gasteiger partial charge on any atom is 0.407 e. The van der Waals surface area contributed by atoms with Gasteiger partial charge in [0.25, 0.3) is 0 Å². The topological polar surface area (TPSA) is 67.8 Å². The van der Waals surface area contributed by atoms with Gasteiger partial charge in [0.2, 0.25) is 0 Å². The first-order valence-electron chi connectivity index (χ1n) is 7.32. The first kappa shape index (κ1) is 16.5. The summed E-state index contributed by atoms with van der Waals surface area (Å²) in [6.45, 7) is 5.15. The molecule has 1 fully saturated rings. The molecule has 1 aromatic rings. The number of aliphatic hydroxyl groups excluding tert-OH is 1. The van der Waals surface area contributed by atoms with Crippen molar-refractivity contribution in [2.75, 3.05) is 0 Å². The van der Waals surface area contributed by atoms with Gasteiger partial charge in [0.05, 0.1) is 6.61 Å².